The summed E-state index contributed by atoms with van der Waals surface area (Å²) < 4.78 is 6.29. The third-order valence-electron chi connectivity index (χ3n) is 1.60. The number of nitrogens with zero attached hydrogens (tertiary/aromatic N) is 2. The van der Waals surface area contributed by atoms with Crippen molar-refractivity contribution in [2.45, 2.75) is 13.8 Å². The van der Waals surface area contributed by atoms with E-state index in [9.17, 15) is 0 Å². The van der Waals surface area contributed by atoms with Crippen molar-refractivity contribution in [2.24, 2.45) is 5.92 Å². The van der Waals surface area contributed by atoms with Crippen molar-refractivity contribution in [3.63, 3.8) is 0 Å². The van der Waals surface area contributed by atoms with Crippen LogP contribution in [-0.4, -0.2) is 29.7 Å². The van der Waals surface area contributed by atoms with Crippen LogP contribution in [0.4, 0.5) is 5.95 Å². The van der Waals surface area contributed by atoms with E-state index in [1.807, 2.05) is 0 Å². The maximum absolute atomic E-state index is 5.41. The Labute approximate surface area is 98.6 Å². The van der Waals surface area contributed by atoms with Gasteiger partial charge >= 0.3 is 0 Å². The first-order valence-electron chi connectivity index (χ1n) is 4.97. The molecule has 1 heterocycles. The van der Waals surface area contributed by atoms with Crippen LogP contribution in [0.25, 0.3) is 0 Å². The molecule has 0 radical (unpaired) electrons. The number of anilines is 1. The van der Waals surface area contributed by atoms with Gasteiger partial charge in [0.1, 0.15) is 0 Å². The maximum atomic E-state index is 5.41. The first-order valence-corrected chi connectivity index (χ1v) is 5.77. The Morgan fingerprint density at radius 3 is 2.67 bits per heavy atom. The highest BCUT2D eigenvalue weighted by atomic mass is 79.9. The molecule has 15 heavy (non-hydrogen) atoms. The molecular formula is C10H16BrN3O. The summed E-state index contributed by atoms with van der Waals surface area (Å²) in [7, 11) is 0. The Kier molecular flexibility index (Phi) is 5.57. The Morgan fingerprint density at radius 2 is 2.07 bits per heavy atom. The zero-order chi connectivity index (χ0) is 11.1. The lowest BCUT2D eigenvalue weighted by atomic mass is 10.2. The molecule has 0 bridgehead atoms. The average Bonchev–Trinajstić information content (AvgIpc) is 2.20. The van der Waals surface area contributed by atoms with E-state index in [1.54, 1.807) is 12.4 Å². The molecule has 0 saturated carbocycles. The van der Waals surface area contributed by atoms with Gasteiger partial charge in [-0.05, 0) is 21.8 Å². The molecule has 0 aliphatic heterocycles. The van der Waals surface area contributed by atoms with Crippen molar-refractivity contribution in [1.29, 1.82) is 0 Å². The van der Waals surface area contributed by atoms with Gasteiger partial charge in [0.05, 0.1) is 11.1 Å². The van der Waals surface area contributed by atoms with Crippen molar-refractivity contribution < 1.29 is 4.74 Å². The van der Waals surface area contributed by atoms with E-state index in [2.05, 4.69) is 45.1 Å². The molecule has 1 aromatic rings. The molecule has 0 fully saturated rings. The fourth-order valence-electron chi connectivity index (χ4n) is 0.958. The van der Waals surface area contributed by atoms with Gasteiger partial charge < -0.3 is 10.1 Å². The topological polar surface area (TPSA) is 47.0 Å². The van der Waals surface area contributed by atoms with Gasteiger partial charge in [-0.2, -0.15) is 0 Å². The van der Waals surface area contributed by atoms with Gasteiger partial charge in [0.25, 0.3) is 0 Å². The van der Waals surface area contributed by atoms with E-state index in [0.717, 1.165) is 17.6 Å². The van der Waals surface area contributed by atoms with E-state index >= 15 is 0 Å². The van der Waals surface area contributed by atoms with E-state index in [-0.39, 0.29) is 0 Å². The van der Waals surface area contributed by atoms with Crippen LogP contribution in [0, 0.1) is 5.92 Å². The second-order valence-electron chi connectivity index (χ2n) is 3.62. The predicted octanol–water partition coefficient (Wildman–Crippen LogP) is 2.32. The first kappa shape index (κ1) is 12.4. The predicted molar refractivity (Wildman–Crippen MR) is 63.9 cm³/mol. The largest absolute Gasteiger partial charge is 0.379 e. The third-order valence-corrected chi connectivity index (χ3v) is 2.01. The highest BCUT2D eigenvalue weighted by Gasteiger charge is 1.96. The highest BCUT2D eigenvalue weighted by Crippen LogP contribution is 2.06. The van der Waals surface area contributed by atoms with E-state index < -0.39 is 0 Å². The van der Waals surface area contributed by atoms with Crippen LogP contribution in [0.2, 0.25) is 0 Å². The molecule has 0 aliphatic carbocycles. The Bertz CT molecular complexity index is 277. The van der Waals surface area contributed by atoms with Gasteiger partial charge in [0, 0.05) is 25.5 Å². The highest BCUT2D eigenvalue weighted by molar-refractivity contribution is 9.10. The number of ether oxygens (including phenoxy) is 1. The van der Waals surface area contributed by atoms with Crippen molar-refractivity contribution >= 4 is 21.9 Å². The second-order valence-corrected chi connectivity index (χ2v) is 4.54. The third kappa shape index (κ3) is 5.69. The molecule has 0 saturated heterocycles. The van der Waals surface area contributed by atoms with Crippen LogP contribution in [-0.2, 0) is 4.74 Å². The number of hydrogen-bond acceptors (Lipinski definition) is 4. The van der Waals surface area contributed by atoms with Crippen LogP contribution in [0.3, 0.4) is 0 Å². The minimum Gasteiger partial charge on any atom is -0.379 e. The molecular weight excluding hydrogens is 258 g/mol. The van der Waals surface area contributed by atoms with E-state index in [4.69, 9.17) is 4.74 Å². The summed E-state index contributed by atoms with van der Waals surface area (Å²) in [6.07, 6.45) is 3.43. The summed E-state index contributed by atoms with van der Waals surface area (Å²) in [5.74, 6) is 1.21. The summed E-state index contributed by atoms with van der Waals surface area (Å²) in [6.45, 7) is 6.46. The summed E-state index contributed by atoms with van der Waals surface area (Å²) in [4.78, 5) is 8.17. The van der Waals surface area contributed by atoms with Crippen molar-refractivity contribution in [1.82, 2.24) is 9.97 Å². The minimum atomic E-state index is 0.578. The Morgan fingerprint density at radius 1 is 1.40 bits per heavy atom. The molecule has 0 aliphatic rings. The van der Waals surface area contributed by atoms with Gasteiger partial charge in [-0.1, -0.05) is 13.8 Å². The molecule has 5 heteroatoms. The summed E-state index contributed by atoms with van der Waals surface area (Å²) in [6, 6.07) is 0. The van der Waals surface area contributed by atoms with Gasteiger partial charge in [0.2, 0.25) is 5.95 Å². The number of halogens is 1. The number of aromatic nitrogens is 2. The smallest absolute Gasteiger partial charge is 0.222 e. The SMILES string of the molecule is CC(C)COCCNc1ncc(Br)cn1. The summed E-state index contributed by atoms with van der Waals surface area (Å²) >= 11 is 3.28. The summed E-state index contributed by atoms with van der Waals surface area (Å²) in [5, 5.41) is 3.08. The van der Waals surface area contributed by atoms with Crippen LogP contribution < -0.4 is 5.32 Å². The molecule has 0 atom stereocenters. The molecule has 1 rings (SSSR count). The van der Waals surface area contributed by atoms with Gasteiger partial charge in [-0.25, -0.2) is 9.97 Å². The zero-order valence-electron chi connectivity index (χ0n) is 9.03. The molecule has 0 amide bonds. The quantitative estimate of drug-likeness (QED) is 0.809. The number of hydrogen-bond donors (Lipinski definition) is 1. The van der Waals surface area contributed by atoms with E-state index in [0.29, 0.717) is 18.5 Å². The molecule has 1 aromatic heterocycles. The van der Waals surface area contributed by atoms with Gasteiger partial charge in [0.15, 0.2) is 0 Å². The number of rotatable bonds is 6. The van der Waals surface area contributed by atoms with Crippen LogP contribution in [0.15, 0.2) is 16.9 Å². The standard InChI is InChI=1S/C10H16BrN3O/c1-8(2)7-15-4-3-12-10-13-5-9(11)6-14-10/h5-6,8H,3-4,7H2,1-2H3,(H,12,13,14). The van der Waals surface area contributed by atoms with Crippen LogP contribution in [0.5, 0.6) is 0 Å². The molecule has 1 N–H and O–H groups in total. The Hall–Kier alpha value is -0.680. The lowest BCUT2D eigenvalue weighted by molar-refractivity contribution is 0.118. The molecule has 4 nitrogen and oxygen atoms in total. The molecule has 84 valence electrons. The van der Waals surface area contributed by atoms with Crippen molar-refractivity contribution in [3.05, 3.63) is 16.9 Å². The Balaban J connectivity index is 2.12. The molecule has 0 aromatic carbocycles. The zero-order valence-corrected chi connectivity index (χ0v) is 10.6. The monoisotopic (exact) mass is 273 g/mol. The second kappa shape index (κ2) is 6.74. The van der Waals surface area contributed by atoms with Crippen molar-refractivity contribution in [3.8, 4) is 0 Å². The normalized spacial score (nSPS) is 10.7. The molecule has 0 spiro atoms. The average molecular weight is 274 g/mol. The molecule has 0 unspecified atom stereocenters. The van der Waals surface area contributed by atoms with E-state index in [1.165, 1.54) is 0 Å². The lowest BCUT2D eigenvalue weighted by Gasteiger charge is -2.07. The summed E-state index contributed by atoms with van der Waals surface area (Å²) in [5.41, 5.74) is 0. The van der Waals surface area contributed by atoms with Gasteiger partial charge in [-0.15, -0.1) is 0 Å². The maximum Gasteiger partial charge on any atom is 0.222 e. The lowest BCUT2D eigenvalue weighted by Crippen LogP contribution is -2.13. The van der Waals surface area contributed by atoms with Gasteiger partial charge in [-0.3, -0.25) is 0 Å². The van der Waals surface area contributed by atoms with Crippen LogP contribution >= 0.6 is 15.9 Å². The first-order chi connectivity index (χ1) is 7.18. The minimum absolute atomic E-state index is 0.578. The van der Waals surface area contributed by atoms with Crippen molar-refractivity contribution in [2.75, 3.05) is 25.1 Å². The van der Waals surface area contributed by atoms with Crippen LogP contribution in [0.1, 0.15) is 13.8 Å². The fourth-order valence-corrected chi connectivity index (χ4v) is 1.16. The fraction of sp³-hybridized carbons (Fsp3) is 0.600. The number of nitrogens with one attached hydrogen (secondary N) is 1.